The van der Waals surface area contributed by atoms with E-state index in [4.69, 9.17) is 0 Å². The molecule has 6 heteroatoms. The summed E-state index contributed by atoms with van der Waals surface area (Å²) in [5, 5.41) is 7.96. The van der Waals surface area contributed by atoms with Crippen molar-refractivity contribution < 1.29 is 4.79 Å². The molecule has 1 amide bonds. The Balaban J connectivity index is 1.96. The van der Waals surface area contributed by atoms with Gasteiger partial charge in [-0.1, -0.05) is 22.7 Å². The number of amides is 1. The zero-order chi connectivity index (χ0) is 11.7. The first kappa shape index (κ1) is 9.98. The van der Waals surface area contributed by atoms with Crippen molar-refractivity contribution in [2.45, 2.75) is 0 Å². The highest BCUT2D eigenvalue weighted by Crippen LogP contribution is 2.19. The molecule has 0 saturated heterocycles. The number of rotatable bonds is 2. The molecule has 3 rings (SSSR count). The number of fused-ring (bicyclic) bond motifs is 1. The molecule has 0 saturated carbocycles. The summed E-state index contributed by atoms with van der Waals surface area (Å²) in [4.78, 5) is 15.1. The molecule has 0 fully saturated rings. The fourth-order valence-electron chi connectivity index (χ4n) is 1.66. The fourth-order valence-corrected chi connectivity index (χ4v) is 2.08. The van der Waals surface area contributed by atoms with Gasteiger partial charge in [0, 0.05) is 28.6 Å². The minimum Gasteiger partial charge on any atom is -0.360 e. The third kappa shape index (κ3) is 1.78. The van der Waals surface area contributed by atoms with Crippen LogP contribution in [-0.2, 0) is 0 Å². The van der Waals surface area contributed by atoms with E-state index < -0.39 is 0 Å². The second-order valence-corrected chi connectivity index (χ2v) is 4.27. The van der Waals surface area contributed by atoms with E-state index in [9.17, 15) is 4.79 Å². The van der Waals surface area contributed by atoms with Crippen LogP contribution in [0, 0.1) is 0 Å². The molecule has 84 valence electrons. The van der Waals surface area contributed by atoms with Gasteiger partial charge < -0.3 is 10.3 Å². The van der Waals surface area contributed by atoms with Gasteiger partial charge in [-0.2, -0.15) is 0 Å². The molecule has 5 nitrogen and oxygen atoms in total. The molecule has 2 heterocycles. The Hall–Kier alpha value is -2.21. The number of carbonyl (C=O) groups excluding carboxylic acids is 1. The van der Waals surface area contributed by atoms with Gasteiger partial charge >= 0.3 is 0 Å². The number of hydrogen-bond acceptors (Lipinski definition) is 4. The van der Waals surface area contributed by atoms with Crippen molar-refractivity contribution in [1.82, 2.24) is 14.6 Å². The van der Waals surface area contributed by atoms with Crippen molar-refractivity contribution in [2.75, 3.05) is 5.32 Å². The molecule has 3 aromatic rings. The molecule has 0 radical (unpaired) electrons. The second kappa shape index (κ2) is 3.99. The van der Waals surface area contributed by atoms with Gasteiger partial charge in [-0.25, -0.2) is 0 Å². The highest BCUT2D eigenvalue weighted by Gasteiger charge is 2.12. The first-order valence-corrected chi connectivity index (χ1v) is 5.77. The standard InChI is InChI=1S/C11H8N4OS/c16-11(14-10-6-13-15-17-10)8-5-12-9-4-2-1-3-7(8)9/h1-6,12H,(H,14,16). The van der Waals surface area contributed by atoms with Crippen molar-refractivity contribution in [3.05, 3.63) is 42.2 Å². The molecular formula is C11H8N4OS. The number of carbonyl (C=O) groups is 1. The number of nitrogens with one attached hydrogen (secondary N) is 2. The van der Waals surface area contributed by atoms with Gasteiger partial charge in [0.2, 0.25) is 0 Å². The Labute approximate surface area is 101 Å². The number of benzene rings is 1. The number of para-hydroxylation sites is 1. The van der Waals surface area contributed by atoms with Crippen molar-refractivity contribution >= 4 is 33.3 Å². The topological polar surface area (TPSA) is 70.7 Å². The van der Waals surface area contributed by atoms with Crippen LogP contribution in [0.4, 0.5) is 5.00 Å². The Morgan fingerprint density at radius 2 is 2.24 bits per heavy atom. The molecular weight excluding hydrogens is 236 g/mol. The number of aromatic amines is 1. The molecule has 0 aliphatic heterocycles. The van der Waals surface area contributed by atoms with Gasteiger partial charge in [0.25, 0.3) is 5.91 Å². The lowest BCUT2D eigenvalue weighted by Crippen LogP contribution is -2.10. The average molecular weight is 244 g/mol. The van der Waals surface area contributed by atoms with Crippen LogP contribution in [0.5, 0.6) is 0 Å². The molecule has 1 aromatic carbocycles. The third-order valence-electron chi connectivity index (χ3n) is 2.43. The highest BCUT2D eigenvalue weighted by atomic mass is 32.1. The molecule has 0 bridgehead atoms. The first-order valence-electron chi connectivity index (χ1n) is 4.99. The van der Waals surface area contributed by atoms with Crippen LogP contribution < -0.4 is 5.32 Å². The summed E-state index contributed by atoms with van der Waals surface area (Å²) in [6.07, 6.45) is 3.23. The van der Waals surface area contributed by atoms with Crippen LogP contribution in [0.1, 0.15) is 10.4 Å². The van der Waals surface area contributed by atoms with E-state index in [-0.39, 0.29) is 5.91 Å². The van der Waals surface area contributed by atoms with Crippen LogP contribution in [0.2, 0.25) is 0 Å². The van der Waals surface area contributed by atoms with Gasteiger partial charge in [-0.15, -0.1) is 5.10 Å². The molecule has 0 aliphatic rings. The number of H-pyrrole nitrogens is 1. The van der Waals surface area contributed by atoms with Gasteiger partial charge in [0.15, 0.2) is 0 Å². The summed E-state index contributed by atoms with van der Waals surface area (Å²) in [6.45, 7) is 0. The molecule has 0 unspecified atom stereocenters. The lowest BCUT2D eigenvalue weighted by molar-refractivity contribution is 0.102. The maximum absolute atomic E-state index is 12.0. The van der Waals surface area contributed by atoms with Crippen LogP contribution >= 0.6 is 11.5 Å². The van der Waals surface area contributed by atoms with Crippen LogP contribution in [-0.4, -0.2) is 20.5 Å². The van der Waals surface area contributed by atoms with Crippen molar-refractivity contribution in [2.24, 2.45) is 0 Å². The Bertz CT molecular complexity index is 659. The lowest BCUT2D eigenvalue weighted by Gasteiger charge is -1.99. The molecule has 0 atom stereocenters. The Morgan fingerprint density at radius 3 is 3.06 bits per heavy atom. The molecule has 17 heavy (non-hydrogen) atoms. The smallest absolute Gasteiger partial charge is 0.258 e. The highest BCUT2D eigenvalue weighted by molar-refractivity contribution is 7.10. The number of nitrogens with zero attached hydrogens (tertiary/aromatic N) is 2. The van der Waals surface area contributed by atoms with E-state index in [1.807, 2.05) is 24.3 Å². The quantitative estimate of drug-likeness (QED) is 0.726. The van der Waals surface area contributed by atoms with E-state index in [2.05, 4.69) is 19.9 Å². The first-order chi connectivity index (χ1) is 8.34. The zero-order valence-electron chi connectivity index (χ0n) is 8.68. The fraction of sp³-hybridized carbons (Fsp3) is 0. The lowest BCUT2D eigenvalue weighted by atomic mass is 10.1. The molecule has 2 N–H and O–H groups in total. The summed E-state index contributed by atoms with van der Waals surface area (Å²) in [6, 6.07) is 7.67. The second-order valence-electron chi connectivity index (χ2n) is 3.48. The number of hydrogen-bond donors (Lipinski definition) is 2. The van der Waals surface area contributed by atoms with E-state index >= 15 is 0 Å². The van der Waals surface area contributed by atoms with Gasteiger partial charge in [0.05, 0.1) is 11.8 Å². The van der Waals surface area contributed by atoms with Crippen LogP contribution in [0.3, 0.4) is 0 Å². The van der Waals surface area contributed by atoms with E-state index in [0.29, 0.717) is 10.6 Å². The number of aromatic nitrogens is 3. The summed E-state index contributed by atoms with van der Waals surface area (Å²) in [5.41, 5.74) is 1.56. The minimum atomic E-state index is -0.159. The monoisotopic (exact) mass is 244 g/mol. The maximum Gasteiger partial charge on any atom is 0.258 e. The average Bonchev–Trinajstić information content (AvgIpc) is 2.96. The van der Waals surface area contributed by atoms with E-state index in [1.54, 1.807) is 6.20 Å². The van der Waals surface area contributed by atoms with Crippen molar-refractivity contribution in [1.29, 1.82) is 0 Å². The summed E-state index contributed by atoms with van der Waals surface area (Å²) < 4.78 is 3.69. The minimum absolute atomic E-state index is 0.159. The SMILES string of the molecule is O=C(Nc1cnns1)c1c[nH]c2ccccc12. The van der Waals surface area contributed by atoms with Gasteiger partial charge in [-0.3, -0.25) is 4.79 Å². The normalized spacial score (nSPS) is 10.6. The predicted octanol–water partition coefficient (Wildman–Crippen LogP) is 2.27. The van der Waals surface area contributed by atoms with Crippen LogP contribution in [0.25, 0.3) is 10.9 Å². The summed E-state index contributed by atoms with van der Waals surface area (Å²) >= 11 is 1.15. The largest absolute Gasteiger partial charge is 0.360 e. The maximum atomic E-state index is 12.0. The zero-order valence-corrected chi connectivity index (χ0v) is 9.49. The molecule has 0 spiro atoms. The summed E-state index contributed by atoms with van der Waals surface area (Å²) in [5.74, 6) is -0.159. The van der Waals surface area contributed by atoms with Crippen LogP contribution in [0.15, 0.2) is 36.7 Å². The predicted molar refractivity (Wildman–Crippen MR) is 66.2 cm³/mol. The Morgan fingerprint density at radius 1 is 1.35 bits per heavy atom. The van der Waals surface area contributed by atoms with Gasteiger partial charge in [-0.05, 0) is 6.07 Å². The van der Waals surface area contributed by atoms with Crippen molar-refractivity contribution in [3.63, 3.8) is 0 Å². The third-order valence-corrected chi connectivity index (χ3v) is 3.01. The molecule has 2 aromatic heterocycles. The number of anilines is 1. The summed E-state index contributed by atoms with van der Waals surface area (Å²) in [7, 11) is 0. The Kier molecular flexibility index (Phi) is 2.34. The molecule has 0 aliphatic carbocycles. The van der Waals surface area contributed by atoms with Crippen molar-refractivity contribution in [3.8, 4) is 0 Å². The van der Waals surface area contributed by atoms with E-state index in [1.165, 1.54) is 6.20 Å². The van der Waals surface area contributed by atoms with E-state index in [0.717, 1.165) is 22.4 Å². The van der Waals surface area contributed by atoms with Gasteiger partial charge in [0.1, 0.15) is 5.00 Å².